The Morgan fingerprint density at radius 2 is 1.74 bits per heavy atom. The Morgan fingerprint density at radius 3 is 2.26 bits per heavy atom. The average Bonchev–Trinajstić information content (AvgIpc) is 2.70. The van der Waals surface area contributed by atoms with Gasteiger partial charge in [0.05, 0.1) is 25.6 Å². The standard InChI is InChI=1S/C12H7BrCl4OS/c1-18-9-4-7(14)5(2-8(9)15)11(13)6-3-10(16)19-12(6)17/h2-4,11H,1H3. The molecule has 2 aromatic rings. The van der Waals surface area contributed by atoms with Crippen molar-refractivity contribution in [3.63, 3.8) is 0 Å². The number of methoxy groups -OCH3 is 1. The van der Waals surface area contributed by atoms with Gasteiger partial charge in [0.15, 0.2) is 0 Å². The molecule has 7 heteroatoms. The summed E-state index contributed by atoms with van der Waals surface area (Å²) in [5, 5.41) is 1.03. The normalized spacial score (nSPS) is 12.5. The third-order valence-electron chi connectivity index (χ3n) is 2.50. The summed E-state index contributed by atoms with van der Waals surface area (Å²) in [6.07, 6.45) is 0. The molecular formula is C12H7BrCl4OS. The van der Waals surface area contributed by atoms with Crippen molar-refractivity contribution >= 4 is 73.7 Å². The van der Waals surface area contributed by atoms with Crippen LogP contribution in [0.5, 0.6) is 5.75 Å². The maximum absolute atomic E-state index is 6.24. The van der Waals surface area contributed by atoms with Crippen molar-refractivity contribution in [2.75, 3.05) is 7.11 Å². The highest BCUT2D eigenvalue weighted by molar-refractivity contribution is 9.09. The van der Waals surface area contributed by atoms with E-state index in [0.29, 0.717) is 24.5 Å². The van der Waals surface area contributed by atoms with Crippen molar-refractivity contribution in [2.45, 2.75) is 4.83 Å². The highest BCUT2D eigenvalue weighted by Crippen LogP contribution is 2.45. The molecular weight excluding hydrogens is 414 g/mol. The van der Waals surface area contributed by atoms with Gasteiger partial charge in [-0.1, -0.05) is 62.3 Å². The number of ether oxygens (including phenoxy) is 1. The van der Waals surface area contributed by atoms with Gasteiger partial charge in [-0.15, -0.1) is 11.3 Å². The van der Waals surface area contributed by atoms with Crippen LogP contribution in [-0.4, -0.2) is 7.11 Å². The van der Waals surface area contributed by atoms with Crippen LogP contribution in [0, 0.1) is 0 Å². The molecule has 0 radical (unpaired) electrons. The van der Waals surface area contributed by atoms with E-state index in [2.05, 4.69) is 15.9 Å². The SMILES string of the molecule is COc1cc(Cl)c(C(Br)c2cc(Cl)sc2Cl)cc1Cl. The summed E-state index contributed by atoms with van der Waals surface area (Å²) in [5.41, 5.74) is 1.67. The van der Waals surface area contributed by atoms with E-state index in [1.807, 2.05) is 6.07 Å². The zero-order chi connectivity index (χ0) is 14.2. The minimum atomic E-state index is -0.181. The molecule has 1 aromatic heterocycles. The number of thiophene rings is 1. The van der Waals surface area contributed by atoms with Crippen molar-refractivity contribution in [1.29, 1.82) is 0 Å². The third-order valence-corrected chi connectivity index (χ3v) is 5.63. The van der Waals surface area contributed by atoms with E-state index >= 15 is 0 Å². The number of hydrogen-bond donors (Lipinski definition) is 0. The van der Waals surface area contributed by atoms with Crippen LogP contribution >= 0.6 is 73.7 Å². The first-order valence-electron chi connectivity index (χ1n) is 5.05. The van der Waals surface area contributed by atoms with Crippen molar-refractivity contribution < 1.29 is 4.74 Å². The fraction of sp³-hybridized carbons (Fsp3) is 0.167. The lowest BCUT2D eigenvalue weighted by Gasteiger charge is -2.14. The Hall–Kier alpha value is 0.360. The molecule has 0 aliphatic carbocycles. The van der Waals surface area contributed by atoms with Gasteiger partial charge in [-0.05, 0) is 17.7 Å². The fourth-order valence-corrected chi connectivity index (χ4v) is 4.79. The zero-order valence-corrected chi connectivity index (χ0v) is 14.9. The van der Waals surface area contributed by atoms with Gasteiger partial charge in [-0.3, -0.25) is 0 Å². The minimum absolute atomic E-state index is 0.181. The van der Waals surface area contributed by atoms with Gasteiger partial charge < -0.3 is 4.74 Å². The second-order valence-corrected chi connectivity index (χ2v) is 7.67. The van der Waals surface area contributed by atoms with Gasteiger partial charge in [-0.25, -0.2) is 0 Å². The van der Waals surface area contributed by atoms with Crippen LogP contribution in [0.2, 0.25) is 18.7 Å². The van der Waals surface area contributed by atoms with E-state index in [-0.39, 0.29) is 4.83 Å². The van der Waals surface area contributed by atoms with E-state index in [1.165, 1.54) is 11.3 Å². The zero-order valence-electron chi connectivity index (χ0n) is 9.52. The minimum Gasteiger partial charge on any atom is -0.495 e. The predicted octanol–water partition coefficient (Wildman–Crippen LogP) is 6.85. The number of rotatable bonds is 3. The lowest BCUT2D eigenvalue weighted by atomic mass is 10.1. The quantitative estimate of drug-likeness (QED) is 0.493. The van der Waals surface area contributed by atoms with Gasteiger partial charge >= 0.3 is 0 Å². The Labute approximate surface area is 143 Å². The Morgan fingerprint density at radius 1 is 1.05 bits per heavy atom. The van der Waals surface area contributed by atoms with Crippen LogP contribution in [0.4, 0.5) is 0 Å². The second-order valence-electron chi connectivity index (χ2n) is 3.65. The molecule has 2 rings (SSSR count). The molecule has 0 spiro atoms. The molecule has 0 amide bonds. The molecule has 1 aromatic carbocycles. The first kappa shape index (κ1) is 15.7. The molecule has 1 atom stereocenters. The first-order valence-corrected chi connectivity index (χ1v) is 8.30. The maximum atomic E-state index is 6.24. The topological polar surface area (TPSA) is 9.23 Å². The van der Waals surface area contributed by atoms with Gasteiger partial charge in [0, 0.05) is 16.7 Å². The summed E-state index contributed by atoms with van der Waals surface area (Å²) in [6.45, 7) is 0. The van der Waals surface area contributed by atoms with Gasteiger partial charge in [0.2, 0.25) is 0 Å². The Kier molecular flexibility index (Phi) is 5.32. The summed E-state index contributed by atoms with van der Waals surface area (Å²) >= 11 is 29.3. The molecule has 1 heterocycles. The van der Waals surface area contributed by atoms with Crippen LogP contribution in [0.3, 0.4) is 0 Å². The van der Waals surface area contributed by atoms with Gasteiger partial charge in [0.25, 0.3) is 0 Å². The molecule has 0 fully saturated rings. The lowest BCUT2D eigenvalue weighted by molar-refractivity contribution is 0.415. The summed E-state index contributed by atoms with van der Waals surface area (Å²) in [7, 11) is 1.54. The predicted molar refractivity (Wildman–Crippen MR) is 88.1 cm³/mol. The van der Waals surface area contributed by atoms with E-state index in [9.17, 15) is 0 Å². The smallest absolute Gasteiger partial charge is 0.138 e. The van der Waals surface area contributed by atoms with E-state index < -0.39 is 0 Å². The largest absolute Gasteiger partial charge is 0.495 e. The summed E-state index contributed by atoms with van der Waals surface area (Å²) < 4.78 is 6.36. The Bertz CT molecular complexity index is 614. The third kappa shape index (κ3) is 3.34. The molecule has 0 N–H and O–H groups in total. The summed E-state index contributed by atoms with van der Waals surface area (Å²) in [6, 6.07) is 5.24. The van der Waals surface area contributed by atoms with Crippen LogP contribution in [-0.2, 0) is 0 Å². The second kappa shape index (κ2) is 6.42. The number of benzene rings is 1. The fourth-order valence-electron chi connectivity index (χ4n) is 1.59. The molecule has 0 bridgehead atoms. The van der Waals surface area contributed by atoms with Crippen molar-refractivity contribution in [2.24, 2.45) is 0 Å². The number of alkyl halides is 1. The molecule has 0 aliphatic heterocycles. The van der Waals surface area contributed by atoms with Crippen molar-refractivity contribution in [1.82, 2.24) is 0 Å². The van der Waals surface area contributed by atoms with Crippen LogP contribution in [0.1, 0.15) is 16.0 Å². The molecule has 0 saturated heterocycles. The Balaban J connectivity index is 2.47. The van der Waals surface area contributed by atoms with Gasteiger partial charge in [0.1, 0.15) is 5.75 Å². The van der Waals surface area contributed by atoms with E-state index in [4.69, 9.17) is 51.1 Å². The summed E-state index contributed by atoms with van der Waals surface area (Å²) in [4.78, 5) is -0.181. The van der Waals surface area contributed by atoms with Crippen LogP contribution in [0.15, 0.2) is 18.2 Å². The number of hydrogen-bond acceptors (Lipinski definition) is 2. The first-order chi connectivity index (χ1) is 8.93. The molecule has 102 valence electrons. The number of halogens is 5. The maximum Gasteiger partial charge on any atom is 0.138 e. The highest BCUT2D eigenvalue weighted by Gasteiger charge is 2.20. The average molecular weight is 421 g/mol. The monoisotopic (exact) mass is 418 g/mol. The van der Waals surface area contributed by atoms with Crippen molar-refractivity contribution in [3.8, 4) is 5.75 Å². The lowest BCUT2D eigenvalue weighted by Crippen LogP contribution is -1.95. The molecule has 0 aliphatic rings. The molecule has 19 heavy (non-hydrogen) atoms. The van der Waals surface area contributed by atoms with Crippen LogP contribution in [0.25, 0.3) is 0 Å². The highest BCUT2D eigenvalue weighted by atomic mass is 79.9. The van der Waals surface area contributed by atoms with Gasteiger partial charge in [-0.2, -0.15) is 0 Å². The molecule has 1 nitrogen and oxygen atoms in total. The molecule has 1 unspecified atom stereocenters. The molecule has 0 saturated carbocycles. The van der Waals surface area contributed by atoms with E-state index in [0.717, 1.165) is 11.1 Å². The summed E-state index contributed by atoms with van der Waals surface area (Å²) in [5.74, 6) is 0.532. The van der Waals surface area contributed by atoms with E-state index in [1.54, 1.807) is 19.2 Å². The van der Waals surface area contributed by atoms with Crippen LogP contribution < -0.4 is 4.74 Å². The van der Waals surface area contributed by atoms with Crippen molar-refractivity contribution in [3.05, 3.63) is 48.0 Å².